The van der Waals surface area contributed by atoms with E-state index in [0.717, 1.165) is 45.3 Å². The zero-order chi connectivity index (χ0) is 18.0. The number of nitrogens with zero attached hydrogens (tertiary/aromatic N) is 2. The zero-order valence-corrected chi connectivity index (χ0v) is 16.2. The first-order valence-corrected chi connectivity index (χ1v) is 9.68. The van der Waals surface area contributed by atoms with Crippen LogP contribution in [0.4, 0.5) is 5.69 Å². The van der Waals surface area contributed by atoms with Crippen molar-refractivity contribution in [3.63, 3.8) is 0 Å². The summed E-state index contributed by atoms with van der Waals surface area (Å²) < 4.78 is 0. The van der Waals surface area contributed by atoms with Crippen molar-refractivity contribution in [1.29, 1.82) is 0 Å². The van der Waals surface area contributed by atoms with E-state index in [9.17, 15) is 4.79 Å². The Morgan fingerprint density at radius 2 is 1.84 bits per heavy atom. The largest absolute Gasteiger partial charge is 0.287 e. The van der Waals surface area contributed by atoms with Crippen molar-refractivity contribution < 1.29 is 4.79 Å². The summed E-state index contributed by atoms with van der Waals surface area (Å²) in [6, 6.07) is 11.7. The van der Waals surface area contributed by atoms with Crippen LogP contribution in [0.25, 0.3) is 0 Å². The maximum Gasteiger partial charge on any atom is 0.259 e. The van der Waals surface area contributed by atoms with Gasteiger partial charge in [0.15, 0.2) is 5.17 Å². The number of aliphatic imine (C=N–C) groups is 1. The van der Waals surface area contributed by atoms with Gasteiger partial charge in [0.2, 0.25) is 0 Å². The molecule has 5 heteroatoms. The van der Waals surface area contributed by atoms with Crippen LogP contribution < -0.4 is 0 Å². The molecular formula is C20H21ClN2OS. The Balaban J connectivity index is 1.93. The maximum atomic E-state index is 13.0. The van der Waals surface area contributed by atoms with E-state index in [-0.39, 0.29) is 5.91 Å². The van der Waals surface area contributed by atoms with E-state index in [1.165, 1.54) is 0 Å². The summed E-state index contributed by atoms with van der Waals surface area (Å²) in [5.74, 6) is 0.977. The molecule has 0 spiro atoms. The zero-order valence-electron chi connectivity index (χ0n) is 14.7. The Kier molecular flexibility index (Phi) is 5.50. The average molecular weight is 373 g/mol. The van der Waals surface area contributed by atoms with Gasteiger partial charge >= 0.3 is 0 Å². The maximum absolute atomic E-state index is 13.0. The van der Waals surface area contributed by atoms with Crippen molar-refractivity contribution in [2.24, 2.45) is 4.99 Å². The van der Waals surface area contributed by atoms with Gasteiger partial charge in [-0.15, -0.1) is 0 Å². The highest BCUT2D eigenvalue weighted by molar-refractivity contribution is 8.13. The van der Waals surface area contributed by atoms with Crippen molar-refractivity contribution in [3.8, 4) is 0 Å². The van der Waals surface area contributed by atoms with Crippen LogP contribution in [0.1, 0.15) is 33.5 Å². The molecule has 0 atom stereocenters. The molecule has 0 unspecified atom stereocenters. The molecule has 1 aliphatic rings. The van der Waals surface area contributed by atoms with E-state index in [1.54, 1.807) is 16.7 Å². The SMILES string of the molecule is Cc1cc(C)cc(C(=O)N2CCCSC2=Nc2ccc(C)c(Cl)c2)c1. The van der Waals surface area contributed by atoms with Crippen molar-refractivity contribution in [1.82, 2.24) is 4.90 Å². The fourth-order valence-corrected chi connectivity index (χ4v) is 3.99. The first-order chi connectivity index (χ1) is 11.9. The van der Waals surface area contributed by atoms with Crippen LogP contribution >= 0.6 is 23.4 Å². The second kappa shape index (κ2) is 7.63. The summed E-state index contributed by atoms with van der Waals surface area (Å²) in [6.45, 7) is 6.68. The quantitative estimate of drug-likeness (QED) is 0.694. The highest BCUT2D eigenvalue weighted by Crippen LogP contribution is 2.27. The fraction of sp³-hybridized carbons (Fsp3) is 0.300. The molecule has 2 aromatic rings. The lowest BCUT2D eigenvalue weighted by molar-refractivity contribution is 0.0849. The van der Waals surface area contributed by atoms with Crippen LogP contribution in [0.15, 0.2) is 41.4 Å². The highest BCUT2D eigenvalue weighted by Gasteiger charge is 2.25. The van der Waals surface area contributed by atoms with Gasteiger partial charge in [-0.3, -0.25) is 9.69 Å². The molecule has 1 amide bonds. The minimum atomic E-state index is 0.0101. The molecule has 130 valence electrons. The van der Waals surface area contributed by atoms with Crippen molar-refractivity contribution in [3.05, 3.63) is 63.7 Å². The van der Waals surface area contributed by atoms with Gasteiger partial charge in [0, 0.05) is 22.9 Å². The minimum absolute atomic E-state index is 0.0101. The molecule has 0 aromatic heterocycles. The number of benzene rings is 2. The first kappa shape index (κ1) is 18.0. The van der Waals surface area contributed by atoms with E-state index < -0.39 is 0 Å². The van der Waals surface area contributed by atoms with Gasteiger partial charge in [-0.05, 0) is 57.0 Å². The molecule has 0 bridgehead atoms. The van der Waals surface area contributed by atoms with Gasteiger partial charge in [0.25, 0.3) is 5.91 Å². The van der Waals surface area contributed by atoms with Gasteiger partial charge in [-0.1, -0.05) is 46.6 Å². The molecule has 1 heterocycles. The minimum Gasteiger partial charge on any atom is -0.287 e. The normalized spacial score (nSPS) is 16.3. The standard InChI is InChI=1S/C20H21ClN2OS/c1-13-9-14(2)11-16(10-13)19(24)23-7-4-8-25-20(23)22-17-6-5-15(3)18(21)12-17/h5-6,9-12H,4,7-8H2,1-3H3. The summed E-state index contributed by atoms with van der Waals surface area (Å²) in [5.41, 5.74) is 4.70. The monoisotopic (exact) mass is 372 g/mol. The molecule has 3 nitrogen and oxygen atoms in total. The van der Waals surface area contributed by atoms with Gasteiger partial charge in [0.1, 0.15) is 0 Å². The van der Waals surface area contributed by atoms with Gasteiger partial charge in [-0.25, -0.2) is 4.99 Å². The smallest absolute Gasteiger partial charge is 0.259 e. The summed E-state index contributed by atoms with van der Waals surface area (Å²) in [4.78, 5) is 19.5. The van der Waals surface area contributed by atoms with E-state index in [4.69, 9.17) is 16.6 Å². The number of carbonyl (C=O) groups excluding carboxylic acids is 1. The summed E-state index contributed by atoms with van der Waals surface area (Å²) in [6.07, 6.45) is 0.967. The topological polar surface area (TPSA) is 32.7 Å². The molecule has 3 rings (SSSR count). The van der Waals surface area contributed by atoms with E-state index in [2.05, 4.69) is 6.07 Å². The molecule has 1 saturated heterocycles. The first-order valence-electron chi connectivity index (χ1n) is 8.32. The highest BCUT2D eigenvalue weighted by atomic mass is 35.5. The Labute approximate surface area is 158 Å². The lowest BCUT2D eigenvalue weighted by Gasteiger charge is -2.28. The average Bonchev–Trinajstić information content (AvgIpc) is 2.57. The second-order valence-electron chi connectivity index (χ2n) is 6.36. The van der Waals surface area contributed by atoms with Crippen molar-refractivity contribution in [2.45, 2.75) is 27.2 Å². The van der Waals surface area contributed by atoms with Crippen LogP contribution in [0.2, 0.25) is 5.02 Å². The number of hydrogen-bond acceptors (Lipinski definition) is 3. The van der Waals surface area contributed by atoms with Gasteiger partial charge in [-0.2, -0.15) is 0 Å². The number of rotatable bonds is 2. The van der Waals surface area contributed by atoms with Gasteiger partial charge in [0.05, 0.1) is 5.69 Å². The predicted octanol–water partition coefficient (Wildman–Crippen LogP) is 5.53. The van der Waals surface area contributed by atoms with Crippen molar-refractivity contribution in [2.75, 3.05) is 12.3 Å². The second-order valence-corrected chi connectivity index (χ2v) is 7.83. The Bertz CT molecular complexity index is 827. The third kappa shape index (κ3) is 4.25. The molecule has 25 heavy (non-hydrogen) atoms. The summed E-state index contributed by atoms with van der Waals surface area (Å²) in [7, 11) is 0. The number of aryl methyl sites for hydroxylation is 3. The number of amidine groups is 1. The molecule has 1 aliphatic heterocycles. The van der Waals surface area contributed by atoms with Crippen LogP contribution in [0.5, 0.6) is 0 Å². The van der Waals surface area contributed by atoms with E-state index >= 15 is 0 Å². The summed E-state index contributed by atoms with van der Waals surface area (Å²) >= 11 is 7.82. The molecule has 0 saturated carbocycles. The third-order valence-corrected chi connectivity index (χ3v) is 5.55. The molecule has 1 fully saturated rings. The number of carbonyl (C=O) groups is 1. The molecule has 0 N–H and O–H groups in total. The van der Waals surface area contributed by atoms with Crippen molar-refractivity contribution >= 4 is 40.1 Å². The van der Waals surface area contributed by atoms with Crippen LogP contribution in [0.3, 0.4) is 0 Å². The molecule has 2 aromatic carbocycles. The Morgan fingerprint density at radius 3 is 2.52 bits per heavy atom. The summed E-state index contributed by atoms with van der Waals surface area (Å²) in [5, 5.41) is 1.44. The molecule has 0 radical (unpaired) electrons. The van der Waals surface area contributed by atoms with Crippen LogP contribution in [0, 0.1) is 20.8 Å². The number of halogens is 1. The van der Waals surface area contributed by atoms with Crippen LogP contribution in [-0.2, 0) is 0 Å². The lowest BCUT2D eigenvalue weighted by Crippen LogP contribution is -2.39. The number of thioether (sulfide) groups is 1. The van der Waals surface area contributed by atoms with E-state index in [1.807, 2.05) is 51.1 Å². The third-order valence-electron chi connectivity index (χ3n) is 4.08. The number of hydrogen-bond donors (Lipinski definition) is 0. The molecule has 0 aliphatic carbocycles. The Hall–Kier alpha value is -1.78. The lowest BCUT2D eigenvalue weighted by atomic mass is 10.1. The molecular weight excluding hydrogens is 352 g/mol. The fourth-order valence-electron chi connectivity index (χ4n) is 2.86. The van der Waals surface area contributed by atoms with Crippen LogP contribution in [-0.4, -0.2) is 28.3 Å². The van der Waals surface area contributed by atoms with Gasteiger partial charge < -0.3 is 0 Å². The number of amides is 1. The van der Waals surface area contributed by atoms with E-state index in [0.29, 0.717) is 11.6 Å². The predicted molar refractivity (Wildman–Crippen MR) is 107 cm³/mol. The Morgan fingerprint density at radius 1 is 1.12 bits per heavy atom.